The fourth-order valence-electron chi connectivity index (χ4n) is 1.97. The van der Waals surface area contributed by atoms with Gasteiger partial charge in [0.05, 0.1) is 0 Å². The van der Waals surface area contributed by atoms with Crippen LogP contribution in [0.25, 0.3) is 0 Å². The van der Waals surface area contributed by atoms with Crippen molar-refractivity contribution < 1.29 is 0 Å². The summed E-state index contributed by atoms with van der Waals surface area (Å²) < 4.78 is 0. The van der Waals surface area contributed by atoms with Gasteiger partial charge < -0.3 is 11.5 Å². The summed E-state index contributed by atoms with van der Waals surface area (Å²) >= 11 is 0. The van der Waals surface area contributed by atoms with Crippen LogP contribution in [-0.2, 0) is 0 Å². The van der Waals surface area contributed by atoms with Gasteiger partial charge in [-0.3, -0.25) is 0 Å². The Kier molecular flexibility index (Phi) is 2.94. The molecule has 88 valence electrons. The molecule has 0 bridgehead atoms. The lowest BCUT2D eigenvalue weighted by Gasteiger charge is -2.23. The Morgan fingerprint density at radius 3 is 1.24 bits per heavy atom. The van der Waals surface area contributed by atoms with Crippen LogP contribution in [0.2, 0.25) is 13.1 Å². The number of hydrogen-bond donors (Lipinski definition) is 2. The van der Waals surface area contributed by atoms with Crippen LogP contribution in [0.1, 0.15) is 0 Å². The summed E-state index contributed by atoms with van der Waals surface area (Å²) in [6.45, 7) is 4.67. The van der Waals surface area contributed by atoms with Crippen molar-refractivity contribution >= 4 is 29.8 Å². The summed E-state index contributed by atoms with van der Waals surface area (Å²) in [7, 11) is -1.61. The molecule has 2 aromatic rings. The Morgan fingerprint density at radius 2 is 0.941 bits per heavy atom. The van der Waals surface area contributed by atoms with E-state index in [0.29, 0.717) is 0 Å². The van der Waals surface area contributed by atoms with Gasteiger partial charge >= 0.3 is 0 Å². The number of nitrogen functional groups attached to an aromatic ring is 2. The molecule has 0 aliphatic heterocycles. The van der Waals surface area contributed by atoms with Crippen molar-refractivity contribution in [3.63, 3.8) is 0 Å². The summed E-state index contributed by atoms with van der Waals surface area (Å²) in [5.41, 5.74) is 13.1. The van der Waals surface area contributed by atoms with E-state index in [-0.39, 0.29) is 0 Å². The van der Waals surface area contributed by atoms with E-state index in [1.165, 1.54) is 10.4 Å². The molecule has 0 fully saturated rings. The minimum atomic E-state index is -1.61. The number of benzene rings is 2. The topological polar surface area (TPSA) is 52.0 Å². The molecule has 0 saturated carbocycles. The number of rotatable bonds is 2. The lowest BCUT2D eigenvalue weighted by Crippen LogP contribution is -2.52. The molecular weight excluding hydrogens is 224 g/mol. The van der Waals surface area contributed by atoms with Gasteiger partial charge in [0.15, 0.2) is 0 Å². The predicted molar refractivity (Wildman–Crippen MR) is 78.5 cm³/mol. The van der Waals surface area contributed by atoms with Crippen LogP contribution in [0.3, 0.4) is 0 Å². The van der Waals surface area contributed by atoms with Crippen LogP contribution in [-0.4, -0.2) is 8.07 Å². The number of nitrogens with two attached hydrogens (primary N) is 2. The Labute approximate surface area is 103 Å². The van der Waals surface area contributed by atoms with Gasteiger partial charge in [0.1, 0.15) is 8.07 Å². The lowest BCUT2D eigenvalue weighted by molar-refractivity contribution is 1.65. The molecule has 0 aliphatic carbocycles. The van der Waals surface area contributed by atoms with Gasteiger partial charge in [-0.15, -0.1) is 0 Å². The van der Waals surface area contributed by atoms with Gasteiger partial charge in [0, 0.05) is 11.4 Å². The lowest BCUT2D eigenvalue weighted by atomic mass is 10.3. The molecule has 0 aromatic heterocycles. The summed E-state index contributed by atoms with van der Waals surface area (Å²) in [4.78, 5) is 0. The van der Waals surface area contributed by atoms with Crippen LogP contribution in [0.4, 0.5) is 11.4 Å². The zero-order valence-corrected chi connectivity index (χ0v) is 11.3. The molecule has 0 heterocycles. The maximum atomic E-state index is 5.73. The molecule has 0 saturated heterocycles. The van der Waals surface area contributed by atoms with Crippen molar-refractivity contribution in [3.05, 3.63) is 48.5 Å². The average Bonchev–Trinajstić information content (AvgIpc) is 2.30. The van der Waals surface area contributed by atoms with Crippen molar-refractivity contribution in [1.29, 1.82) is 0 Å². The second-order valence-electron chi connectivity index (χ2n) is 4.87. The van der Waals surface area contributed by atoms with Gasteiger partial charge in [0.2, 0.25) is 0 Å². The smallest absolute Gasteiger partial charge is 0.112 e. The van der Waals surface area contributed by atoms with Crippen LogP contribution in [0.15, 0.2) is 48.5 Å². The molecule has 0 aliphatic rings. The van der Waals surface area contributed by atoms with E-state index in [1.807, 2.05) is 24.3 Å². The fraction of sp³-hybridized carbons (Fsp3) is 0.143. The van der Waals surface area contributed by atoms with E-state index < -0.39 is 8.07 Å². The van der Waals surface area contributed by atoms with Crippen LogP contribution in [0.5, 0.6) is 0 Å². The summed E-state index contributed by atoms with van der Waals surface area (Å²) in [6, 6.07) is 16.4. The molecule has 0 unspecified atom stereocenters. The van der Waals surface area contributed by atoms with E-state index >= 15 is 0 Å². The molecular formula is C14H18N2Si. The molecule has 4 N–H and O–H groups in total. The van der Waals surface area contributed by atoms with Crippen LogP contribution >= 0.6 is 0 Å². The Balaban J connectivity index is 2.41. The minimum Gasteiger partial charge on any atom is -0.399 e. The fourth-order valence-corrected chi connectivity index (χ4v) is 4.30. The van der Waals surface area contributed by atoms with E-state index in [4.69, 9.17) is 11.5 Å². The van der Waals surface area contributed by atoms with Gasteiger partial charge in [-0.1, -0.05) is 47.7 Å². The Bertz CT molecular complexity index is 453. The maximum absolute atomic E-state index is 5.73. The third kappa shape index (κ3) is 2.34. The van der Waals surface area contributed by atoms with Crippen LogP contribution in [0, 0.1) is 0 Å². The molecule has 2 rings (SSSR count). The molecule has 2 nitrogen and oxygen atoms in total. The molecule has 0 amide bonds. The zero-order valence-electron chi connectivity index (χ0n) is 10.3. The largest absolute Gasteiger partial charge is 0.399 e. The first-order chi connectivity index (χ1) is 8.00. The van der Waals surface area contributed by atoms with E-state index in [0.717, 1.165) is 11.4 Å². The Morgan fingerprint density at radius 1 is 0.647 bits per heavy atom. The molecule has 0 atom stereocenters. The Hall–Kier alpha value is -1.74. The van der Waals surface area contributed by atoms with Crippen LogP contribution < -0.4 is 21.8 Å². The highest BCUT2D eigenvalue weighted by atomic mass is 28.3. The van der Waals surface area contributed by atoms with Gasteiger partial charge in [-0.2, -0.15) is 0 Å². The van der Waals surface area contributed by atoms with E-state index in [9.17, 15) is 0 Å². The number of anilines is 2. The predicted octanol–water partition coefficient (Wildman–Crippen LogP) is 1.67. The highest BCUT2D eigenvalue weighted by Gasteiger charge is 2.25. The van der Waals surface area contributed by atoms with Gasteiger partial charge in [-0.05, 0) is 24.3 Å². The summed E-state index contributed by atoms with van der Waals surface area (Å²) in [5.74, 6) is 0. The third-order valence-electron chi connectivity index (χ3n) is 3.26. The SMILES string of the molecule is C[Si](C)(c1ccc(N)cc1)c1ccc(N)cc1. The van der Waals surface area contributed by atoms with Crippen molar-refractivity contribution in [2.45, 2.75) is 13.1 Å². The van der Waals surface area contributed by atoms with Gasteiger partial charge in [0.25, 0.3) is 0 Å². The van der Waals surface area contributed by atoms with Gasteiger partial charge in [-0.25, -0.2) is 0 Å². The molecule has 0 radical (unpaired) electrons. The monoisotopic (exact) mass is 242 g/mol. The summed E-state index contributed by atoms with van der Waals surface area (Å²) in [6.07, 6.45) is 0. The highest BCUT2D eigenvalue weighted by molar-refractivity contribution is 7.00. The first-order valence-electron chi connectivity index (χ1n) is 5.72. The first kappa shape index (κ1) is 11.7. The molecule has 17 heavy (non-hydrogen) atoms. The molecule has 2 aromatic carbocycles. The summed E-state index contributed by atoms with van der Waals surface area (Å²) in [5, 5.41) is 2.77. The normalized spacial score (nSPS) is 11.4. The van der Waals surface area contributed by atoms with Crippen molar-refractivity contribution in [2.75, 3.05) is 11.5 Å². The molecule has 3 heteroatoms. The quantitative estimate of drug-likeness (QED) is 0.622. The second-order valence-corrected chi connectivity index (χ2v) is 9.27. The highest BCUT2D eigenvalue weighted by Crippen LogP contribution is 2.08. The standard InChI is InChI=1S/C14H18N2Si/c1-17(2,13-7-3-11(15)4-8-13)14-9-5-12(16)6-10-14/h3-10H,15-16H2,1-2H3. The second kappa shape index (κ2) is 4.26. The first-order valence-corrected chi connectivity index (χ1v) is 8.72. The third-order valence-corrected chi connectivity index (χ3v) is 6.82. The maximum Gasteiger partial charge on any atom is 0.112 e. The van der Waals surface area contributed by atoms with Crippen molar-refractivity contribution in [1.82, 2.24) is 0 Å². The molecule has 0 spiro atoms. The zero-order chi connectivity index (χ0) is 12.5. The van der Waals surface area contributed by atoms with Crippen molar-refractivity contribution in [2.24, 2.45) is 0 Å². The average molecular weight is 242 g/mol. The number of hydrogen-bond acceptors (Lipinski definition) is 2. The minimum absolute atomic E-state index is 0.816. The van der Waals surface area contributed by atoms with E-state index in [1.54, 1.807) is 0 Å². The van der Waals surface area contributed by atoms with Crippen molar-refractivity contribution in [3.8, 4) is 0 Å². The van der Waals surface area contributed by atoms with E-state index in [2.05, 4.69) is 37.4 Å².